The highest BCUT2D eigenvalue weighted by molar-refractivity contribution is 6.03. The van der Waals surface area contributed by atoms with E-state index in [0.717, 1.165) is 53.5 Å². The van der Waals surface area contributed by atoms with Crippen molar-refractivity contribution in [3.63, 3.8) is 0 Å². The van der Waals surface area contributed by atoms with Gasteiger partial charge in [0, 0.05) is 23.2 Å². The molecular formula is C60H61N3O9. The van der Waals surface area contributed by atoms with Gasteiger partial charge in [-0.2, -0.15) is 34.2 Å². The largest absolute Gasteiger partial charge is 0.465 e. The fraction of sp³-hybridized carbons (Fsp3) is 0.317. The van der Waals surface area contributed by atoms with Crippen LogP contribution in [0.4, 0.5) is 0 Å². The number of Topliss-reactive ketones (excluding diaryl/α,β-unsaturated/α-hetero) is 1. The van der Waals surface area contributed by atoms with Crippen molar-refractivity contribution in [1.29, 1.82) is 0 Å². The van der Waals surface area contributed by atoms with E-state index in [9.17, 15) is 9.59 Å². The highest BCUT2D eigenvalue weighted by Crippen LogP contribution is 2.43. The molecule has 370 valence electrons. The summed E-state index contributed by atoms with van der Waals surface area (Å²) in [5, 5.41) is 9.19. The molecule has 6 aromatic carbocycles. The lowest BCUT2D eigenvalue weighted by atomic mass is 9.71. The van der Waals surface area contributed by atoms with Crippen LogP contribution < -0.4 is 14.2 Å². The van der Waals surface area contributed by atoms with Crippen LogP contribution in [0.3, 0.4) is 0 Å². The molecule has 0 spiro atoms. The molecule has 72 heavy (non-hydrogen) atoms. The third-order valence-corrected chi connectivity index (χ3v) is 13.4. The fourth-order valence-corrected chi connectivity index (χ4v) is 9.03. The van der Waals surface area contributed by atoms with Crippen LogP contribution in [0.25, 0.3) is 15.0 Å². The molecule has 0 heterocycles. The molecule has 0 aliphatic heterocycles. The summed E-state index contributed by atoms with van der Waals surface area (Å²) >= 11 is 0. The van der Waals surface area contributed by atoms with E-state index in [1.165, 1.54) is 13.8 Å². The zero-order valence-corrected chi connectivity index (χ0v) is 41.8. The van der Waals surface area contributed by atoms with Crippen molar-refractivity contribution < 1.29 is 43.0 Å². The molecular weight excluding hydrogens is 907 g/mol. The van der Waals surface area contributed by atoms with Crippen LogP contribution >= 0.6 is 0 Å². The summed E-state index contributed by atoms with van der Waals surface area (Å²) in [6.07, 6.45) is 3.79. The maximum absolute atomic E-state index is 13.1. The van der Waals surface area contributed by atoms with Crippen LogP contribution in [0, 0.1) is 25.1 Å². The van der Waals surface area contributed by atoms with Crippen LogP contribution in [0.1, 0.15) is 118 Å². The van der Waals surface area contributed by atoms with Crippen molar-refractivity contribution in [3.05, 3.63) is 214 Å². The summed E-state index contributed by atoms with van der Waals surface area (Å²) in [5.41, 5.74) is 3.61. The van der Waals surface area contributed by atoms with Gasteiger partial charge < -0.3 is 18.9 Å². The number of benzene rings is 6. The zero-order valence-electron chi connectivity index (χ0n) is 41.8. The number of carbonyl (C=O) groups excluding carboxylic acids is 2. The van der Waals surface area contributed by atoms with Gasteiger partial charge >= 0.3 is 5.97 Å². The molecule has 0 N–H and O–H groups in total. The standard InChI is InChI=1S/C60H61N3O9/c1-10-13-46(39-67-61-7)43-15-27-51(28-16-43)70-54-33-21-48(22-34-54)60(6,49-23-35-55(36-24-49)71-52-29-17-44(18-30-52)47(14-11-2)40-68-62-8)50-25-37-56(38-26-50)72-53-31-19-45(20-32-53)57(41-69-63-9)59(5,42(4)64)58(65)66-12-3/h15-38,46-47,57H,10-14,39-41H2,1-6H3. The second-order valence-electron chi connectivity index (χ2n) is 17.9. The molecule has 4 unspecified atom stereocenters. The van der Waals surface area contributed by atoms with Gasteiger partial charge in [0.1, 0.15) is 45.7 Å². The third kappa shape index (κ3) is 12.9. The lowest BCUT2D eigenvalue weighted by Gasteiger charge is -2.32. The normalized spacial score (nSPS) is 13.7. The molecule has 0 fully saturated rings. The minimum absolute atomic E-state index is 0.103. The predicted octanol–water partition coefficient (Wildman–Crippen LogP) is 15.0. The van der Waals surface area contributed by atoms with Crippen molar-refractivity contribution in [3.8, 4) is 34.5 Å². The number of hydrogen-bond acceptors (Lipinski definition) is 9. The van der Waals surface area contributed by atoms with E-state index in [4.69, 9.17) is 53.2 Å². The Kier molecular flexibility index (Phi) is 18.8. The zero-order chi connectivity index (χ0) is 51.5. The monoisotopic (exact) mass is 967 g/mol. The van der Waals surface area contributed by atoms with Crippen LogP contribution in [-0.2, 0) is 34.3 Å². The summed E-state index contributed by atoms with van der Waals surface area (Å²) in [7, 11) is 0. The Balaban J connectivity index is 1.26. The van der Waals surface area contributed by atoms with Crippen molar-refractivity contribution >= 4 is 11.8 Å². The Morgan fingerprint density at radius 3 is 1.07 bits per heavy atom. The number of rotatable bonds is 26. The number of ketones is 1. The average Bonchev–Trinajstić information content (AvgIpc) is 3.40. The van der Waals surface area contributed by atoms with Gasteiger partial charge in [-0.1, -0.05) is 99.5 Å². The van der Waals surface area contributed by atoms with E-state index in [1.54, 1.807) is 31.2 Å². The number of hydrogen-bond donors (Lipinski definition) is 0. The van der Waals surface area contributed by atoms with Crippen LogP contribution in [-0.4, -0.2) is 38.2 Å². The Hall–Kier alpha value is -8.27. The molecule has 0 radical (unpaired) electrons. The van der Waals surface area contributed by atoms with E-state index < -0.39 is 28.5 Å². The van der Waals surface area contributed by atoms with E-state index >= 15 is 0 Å². The van der Waals surface area contributed by atoms with Crippen LogP contribution in [0.15, 0.2) is 146 Å². The second kappa shape index (κ2) is 25.5. The summed E-state index contributed by atoms with van der Waals surface area (Å²) in [6, 6.07) is 47.0. The molecule has 0 saturated carbocycles. The molecule has 0 aliphatic carbocycles. The van der Waals surface area contributed by atoms with E-state index in [-0.39, 0.29) is 25.0 Å². The Morgan fingerprint density at radius 2 is 0.778 bits per heavy atom. The molecule has 0 amide bonds. The first-order chi connectivity index (χ1) is 34.9. The molecule has 0 saturated heterocycles. The van der Waals surface area contributed by atoms with Crippen molar-refractivity contribution in [1.82, 2.24) is 0 Å². The summed E-state index contributed by atoms with van der Waals surface area (Å²) in [6.45, 7) is 32.8. The predicted molar refractivity (Wildman–Crippen MR) is 276 cm³/mol. The van der Waals surface area contributed by atoms with Gasteiger partial charge in [-0.25, -0.2) is 0 Å². The van der Waals surface area contributed by atoms with Crippen LogP contribution in [0.2, 0.25) is 0 Å². The van der Waals surface area contributed by atoms with Gasteiger partial charge in [-0.15, -0.1) is 0 Å². The fourth-order valence-electron chi connectivity index (χ4n) is 9.03. The van der Waals surface area contributed by atoms with Gasteiger partial charge in [0.2, 0.25) is 0 Å². The lowest BCUT2D eigenvalue weighted by molar-refractivity contribution is -0.161. The summed E-state index contributed by atoms with van der Waals surface area (Å²) in [5.74, 6) is 2.27. The lowest BCUT2D eigenvalue weighted by Crippen LogP contribution is -2.43. The number of ether oxygens (including phenoxy) is 4. The first-order valence-corrected chi connectivity index (χ1v) is 24.2. The first-order valence-electron chi connectivity index (χ1n) is 24.2. The van der Waals surface area contributed by atoms with E-state index in [0.29, 0.717) is 53.3 Å². The Morgan fingerprint density at radius 1 is 0.472 bits per heavy atom. The van der Waals surface area contributed by atoms with Crippen LogP contribution in [0.5, 0.6) is 34.5 Å². The quantitative estimate of drug-likeness (QED) is 0.0172. The SMILES string of the molecule is [C-]#[N+]OCC(CCC)c1ccc(Oc2ccc(C(C)(c3ccc(Oc4ccc(C(CCC)CO[N+]#[C-])cc4)cc3)c3ccc(Oc4ccc(C(CO[N+]#[C-])C(C)(C(C)=O)C(=O)OCC)cc4)cc3)cc2)cc1. The minimum Gasteiger partial charge on any atom is -0.465 e. The highest BCUT2D eigenvalue weighted by Gasteiger charge is 2.49. The summed E-state index contributed by atoms with van der Waals surface area (Å²) in [4.78, 5) is 41.3. The third-order valence-electron chi connectivity index (χ3n) is 13.4. The molecule has 0 aromatic heterocycles. The molecule has 12 heteroatoms. The molecule has 0 bridgehead atoms. The maximum atomic E-state index is 13.1. The Labute approximate surface area is 423 Å². The number of carbonyl (C=O) groups is 2. The molecule has 0 aliphatic rings. The van der Waals surface area contributed by atoms with Crippen molar-refractivity contribution in [2.45, 2.75) is 90.4 Å². The molecule has 6 rings (SSSR count). The van der Waals surface area contributed by atoms with Gasteiger partial charge in [-0.05, 0) is 162 Å². The van der Waals surface area contributed by atoms with Crippen molar-refractivity contribution in [2.75, 3.05) is 26.4 Å². The maximum Gasteiger partial charge on any atom is 0.320 e. The minimum atomic E-state index is -1.57. The van der Waals surface area contributed by atoms with E-state index in [2.05, 4.69) is 60.1 Å². The molecule has 4 atom stereocenters. The van der Waals surface area contributed by atoms with Gasteiger partial charge in [0.25, 0.3) is 0 Å². The highest BCUT2D eigenvalue weighted by atomic mass is 16.6. The second-order valence-corrected chi connectivity index (χ2v) is 17.9. The number of nitrogens with zero attached hydrogens (tertiary/aromatic N) is 3. The summed E-state index contributed by atoms with van der Waals surface area (Å²) < 4.78 is 24.3. The molecule has 12 nitrogen and oxygen atoms in total. The van der Waals surface area contributed by atoms with Gasteiger partial charge in [0.05, 0.1) is 6.61 Å². The topological polar surface area (TPSA) is 112 Å². The average molecular weight is 968 g/mol. The van der Waals surface area contributed by atoms with Crippen molar-refractivity contribution in [2.24, 2.45) is 5.41 Å². The molecule has 6 aromatic rings. The smallest absolute Gasteiger partial charge is 0.320 e. The Bertz CT molecular complexity index is 2690. The number of esters is 1. The van der Waals surface area contributed by atoms with Gasteiger partial charge in [-0.3, -0.25) is 9.59 Å². The van der Waals surface area contributed by atoms with E-state index in [1.807, 2.05) is 97.1 Å². The first kappa shape index (κ1) is 53.1. The van der Waals surface area contributed by atoms with Gasteiger partial charge in [0.15, 0.2) is 19.8 Å².